The second-order valence-electron chi connectivity index (χ2n) is 6.38. The first-order valence-corrected chi connectivity index (χ1v) is 9.51. The van der Waals surface area contributed by atoms with Crippen LogP contribution in [0.5, 0.6) is 0 Å². The summed E-state index contributed by atoms with van der Waals surface area (Å²) in [5.41, 5.74) is 0.634. The lowest BCUT2D eigenvalue weighted by Gasteiger charge is -2.36. The summed E-state index contributed by atoms with van der Waals surface area (Å²) in [6.07, 6.45) is 19.8. The third-order valence-corrected chi connectivity index (χ3v) is 5.33. The Morgan fingerprint density at radius 3 is 1.78 bits per heavy atom. The molecule has 0 spiro atoms. The molecule has 2 fully saturated rings. The van der Waals surface area contributed by atoms with Crippen LogP contribution in [-0.2, 0) is 0 Å². The predicted molar refractivity (Wildman–Crippen MR) is 102 cm³/mol. The van der Waals surface area contributed by atoms with Crippen molar-refractivity contribution in [3.8, 4) is 12.8 Å². The van der Waals surface area contributed by atoms with Gasteiger partial charge in [0, 0.05) is 0 Å². The minimum atomic E-state index is -0.275. The van der Waals surface area contributed by atoms with Crippen molar-refractivity contribution in [1.29, 1.82) is 0 Å². The standard InChI is InChI=1S/C17H26ClF.C2H6.C2H2/c1-12(17(19)13(2)18)14-8-10-16(11-9-14)15-6-4-3-5-7-15;2*1-2/h14-16H,1,3-11H2,2H3;1-2H3;1-2H/b17-13-;;. The summed E-state index contributed by atoms with van der Waals surface area (Å²) in [7, 11) is 0. The summed E-state index contributed by atoms with van der Waals surface area (Å²) in [6.45, 7) is 9.53. The Labute approximate surface area is 148 Å². The highest BCUT2D eigenvalue weighted by Gasteiger charge is 2.30. The van der Waals surface area contributed by atoms with Gasteiger partial charge in [-0.3, -0.25) is 0 Å². The van der Waals surface area contributed by atoms with Gasteiger partial charge in [-0.2, -0.15) is 0 Å². The van der Waals surface area contributed by atoms with Gasteiger partial charge in [0.25, 0.3) is 0 Å². The van der Waals surface area contributed by atoms with E-state index in [1.54, 1.807) is 6.92 Å². The van der Waals surface area contributed by atoms with Crippen LogP contribution in [0.3, 0.4) is 0 Å². The number of hydrogen-bond donors (Lipinski definition) is 0. The summed E-state index contributed by atoms with van der Waals surface area (Å²) >= 11 is 5.74. The van der Waals surface area contributed by atoms with Crippen LogP contribution in [0.25, 0.3) is 0 Å². The average Bonchev–Trinajstić information content (AvgIpc) is 2.64. The minimum Gasteiger partial charge on any atom is -0.205 e. The van der Waals surface area contributed by atoms with E-state index in [2.05, 4.69) is 19.4 Å². The molecule has 0 radical (unpaired) electrons. The van der Waals surface area contributed by atoms with Crippen molar-refractivity contribution in [1.82, 2.24) is 0 Å². The van der Waals surface area contributed by atoms with E-state index in [1.165, 1.54) is 44.9 Å². The van der Waals surface area contributed by atoms with Gasteiger partial charge in [0.05, 0.1) is 5.03 Å². The van der Waals surface area contributed by atoms with Crippen molar-refractivity contribution in [2.45, 2.75) is 78.6 Å². The van der Waals surface area contributed by atoms with Crippen molar-refractivity contribution in [3.63, 3.8) is 0 Å². The molecule has 0 aromatic carbocycles. The Morgan fingerprint density at radius 1 is 0.913 bits per heavy atom. The van der Waals surface area contributed by atoms with Gasteiger partial charge in [0.15, 0.2) is 0 Å². The number of rotatable bonds is 3. The van der Waals surface area contributed by atoms with Gasteiger partial charge in [-0.05, 0) is 55.9 Å². The second-order valence-corrected chi connectivity index (χ2v) is 6.95. The Hall–Kier alpha value is -0.740. The van der Waals surface area contributed by atoms with E-state index >= 15 is 0 Å². The smallest absolute Gasteiger partial charge is 0.140 e. The number of allylic oxidation sites excluding steroid dienone is 3. The van der Waals surface area contributed by atoms with E-state index < -0.39 is 0 Å². The van der Waals surface area contributed by atoms with E-state index in [0.717, 1.165) is 24.7 Å². The van der Waals surface area contributed by atoms with Crippen LogP contribution in [0.4, 0.5) is 4.39 Å². The summed E-state index contributed by atoms with van der Waals surface area (Å²) in [5, 5.41) is 0.249. The van der Waals surface area contributed by atoms with Crippen LogP contribution < -0.4 is 0 Å². The van der Waals surface area contributed by atoms with Gasteiger partial charge in [0.1, 0.15) is 5.83 Å². The van der Waals surface area contributed by atoms with Gasteiger partial charge >= 0.3 is 0 Å². The van der Waals surface area contributed by atoms with Crippen LogP contribution >= 0.6 is 11.6 Å². The fraction of sp³-hybridized carbons (Fsp3) is 0.714. The molecule has 0 N–H and O–H groups in total. The second kappa shape index (κ2) is 12.7. The molecule has 2 aliphatic rings. The van der Waals surface area contributed by atoms with Crippen LogP contribution in [0.2, 0.25) is 0 Å². The zero-order valence-electron chi connectivity index (χ0n) is 15.2. The third kappa shape index (κ3) is 7.13. The average molecular weight is 341 g/mol. The summed E-state index contributed by atoms with van der Waals surface area (Å²) in [4.78, 5) is 0. The van der Waals surface area contributed by atoms with Crippen LogP contribution in [0.1, 0.15) is 78.6 Å². The quantitative estimate of drug-likeness (QED) is 0.365. The van der Waals surface area contributed by atoms with Crippen LogP contribution in [0.15, 0.2) is 23.0 Å². The van der Waals surface area contributed by atoms with Crippen molar-refractivity contribution in [2.24, 2.45) is 17.8 Å². The Kier molecular flexibility index (Phi) is 12.2. The van der Waals surface area contributed by atoms with Gasteiger partial charge in [-0.1, -0.05) is 64.1 Å². The maximum Gasteiger partial charge on any atom is 0.140 e. The molecule has 0 nitrogen and oxygen atoms in total. The molecule has 2 aliphatic carbocycles. The van der Waals surface area contributed by atoms with Crippen molar-refractivity contribution < 1.29 is 4.39 Å². The van der Waals surface area contributed by atoms with E-state index in [4.69, 9.17) is 11.6 Å². The van der Waals surface area contributed by atoms with E-state index in [0.29, 0.717) is 11.5 Å². The first kappa shape index (κ1) is 22.3. The van der Waals surface area contributed by atoms with Crippen LogP contribution in [-0.4, -0.2) is 0 Å². The SMILES string of the molecule is C#C.C=C(/C(F)=C(\C)Cl)C1CCC(C2CCCCC2)CC1.CC. The Bertz CT molecular complexity index is 376. The van der Waals surface area contributed by atoms with Crippen LogP contribution in [0, 0.1) is 30.6 Å². The molecule has 0 atom stereocenters. The molecule has 0 aromatic rings. The molecule has 0 aliphatic heterocycles. The topological polar surface area (TPSA) is 0 Å². The Morgan fingerprint density at radius 2 is 1.35 bits per heavy atom. The van der Waals surface area contributed by atoms with Gasteiger partial charge in [-0.25, -0.2) is 4.39 Å². The zero-order chi connectivity index (χ0) is 17.8. The first-order valence-electron chi connectivity index (χ1n) is 9.14. The minimum absolute atomic E-state index is 0.249. The lowest BCUT2D eigenvalue weighted by Crippen LogP contribution is -2.24. The molecular formula is C21H34ClF. The maximum atomic E-state index is 13.8. The van der Waals surface area contributed by atoms with E-state index in [1.807, 2.05) is 13.8 Å². The lowest BCUT2D eigenvalue weighted by atomic mass is 9.70. The molecular weight excluding hydrogens is 307 g/mol. The highest BCUT2D eigenvalue weighted by molar-refractivity contribution is 6.29. The van der Waals surface area contributed by atoms with E-state index in [-0.39, 0.29) is 10.9 Å². The van der Waals surface area contributed by atoms with Gasteiger partial charge < -0.3 is 0 Å². The fourth-order valence-electron chi connectivity index (χ4n) is 3.95. The monoisotopic (exact) mass is 340 g/mol. The normalized spacial score (nSPS) is 25.9. The molecule has 0 saturated heterocycles. The molecule has 0 heterocycles. The highest BCUT2D eigenvalue weighted by atomic mass is 35.5. The van der Waals surface area contributed by atoms with Crippen molar-refractivity contribution >= 4 is 11.6 Å². The number of hydrogen-bond acceptors (Lipinski definition) is 0. The molecule has 0 bridgehead atoms. The molecule has 2 rings (SSSR count). The zero-order valence-corrected chi connectivity index (χ0v) is 16.0. The highest BCUT2D eigenvalue weighted by Crippen LogP contribution is 2.42. The van der Waals surface area contributed by atoms with Crippen molar-refractivity contribution in [3.05, 3.63) is 23.0 Å². The lowest BCUT2D eigenvalue weighted by molar-refractivity contribution is 0.177. The van der Waals surface area contributed by atoms with E-state index in [9.17, 15) is 4.39 Å². The Balaban J connectivity index is 0.00000112. The molecule has 0 aromatic heterocycles. The number of terminal acetylenes is 1. The summed E-state index contributed by atoms with van der Waals surface area (Å²) < 4.78 is 13.8. The maximum absolute atomic E-state index is 13.8. The summed E-state index contributed by atoms with van der Waals surface area (Å²) in [5.74, 6) is 1.86. The number of halogens is 2. The molecule has 0 unspecified atom stereocenters. The van der Waals surface area contributed by atoms with Gasteiger partial charge in [0.2, 0.25) is 0 Å². The molecule has 132 valence electrons. The fourth-order valence-corrected chi connectivity index (χ4v) is 4.07. The van der Waals surface area contributed by atoms with Crippen molar-refractivity contribution in [2.75, 3.05) is 0 Å². The molecule has 23 heavy (non-hydrogen) atoms. The predicted octanol–water partition coefficient (Wildman–Crippen LogP) is 7.64. The van der Waals surface area contributed by atoms with Gasteiger partial charge in [-0.15, -0.1) is 12.8 Å². The first-order chi connectivity index (χ1) is 11.1. The largest absolute Gasteiger partial charge is 0.205 e. The summed E-state index contributed by atoms with van der Waals surface area (Å²) in [6, 6.07) is 0. The third-order valence-electron chi connectivity index (χ3n) is 5.17. The molecule has 2 heteroatoms. The molecule has 2 saturated carbocycles. The molecule has 0 amide bonds.